The summed E-state index contributed by atoms with van der Waals surface area (Å²) in [4.78, 5) is 11.0. The van der Waals surface area contributed by atoms with Crippen LogP contribution in [-0.4, -0.2) is 19.7 Å². The molecule has 0 aliphatic heterocycles. The van der Waals surface area contributed by atoms with Crippen LogP contribution < -0.4 is 0 Å². The molecule has 1 aromatic rings. The molecule has 0 bridgehead atoms. The van der Waals surface area contributed by atoms with E-state index >= 15 is 0 Å². The van der Waals surface area contributed by atoms with Crippen LogP contribution in [0.5, 0.6) is 0 Å². The molecule has 4 heteroatoms. The van der Waals surface area contributed by atoms with Gasteiger partial charge in [0.1, 0.15) is 18.1 Å². The van der Waals surface area contributed by atoms with Crippen LogP contribution in [0.25, 0.3) is 6.08 Å². The van der Waals surface area contributed by atoms with Gasteiger partial charge in [0, 0.05) is 13.2 Å². The van der Waals surface area contributed by atoms with Crippen LogP contribution in [0.1, 0.15) is 18.4 Å². The standard InChI is InChI=1S/C11H14O4/c1-3-14-11(12)7-6-9-4-5-10(15-9)8-13-2/h4-7H,3,8H2,1-2H3. The zero-order valence-electron chi connectivity index (χ0n) is 8.86. The fraction of sp³-hybridized carbons (Fsp3) is 0.364. The van der Waals surface area contributed by atoms with Crippen molar-refractivity contribution in [2.45, 2.75) is 13.5 Å². The maximum atomic E-state index is 11.0. The molecule has 0 radical (unpaired) electrons. The van der Waals surface area contributed by atoms with Crippen molar-refractivity contribution in [3.8, 4) is 0 Å². The van der Waals surface area contributed by atoms with Crippen LogP contribution in [0.4, 0.5) is 0 Å². The van der Waals surface area contributed by atoms with Crippen LogP contribution >= 0.6 is 0 Å². The molecule has 4 nitrogen and oxygen atoms in total. The van der Waals surface area contributed by atoms with E-state index in [2.05, 4.69) is 0 Å². The molecule has 0 spiro atoms. The van der Waals surface area contributed by atoms with E-state index in [0.717, 1.165) is 5.76 Å². The summed E-state index contributed by atoms with van der Waals surface area (Å²) in [6.07, 6.45) is 2.90. The molecule has 15 heavy (non-hydrogen) atoms. The quantitative estimate of drug-likeness (QED) is 0.551. The Morgan fingerprint density at radius 2 is 2.33 bits per heavy atom. The van der Waals surface area contributed by atoms with Crippen LogP contribution in [-0.2, 0) is 20.9 Å². The van der Waals surface area contributed by atoms with E-state index in [9.17, 15) is 4.79 Å². The first-order valence-corrected chi connectivity index (χ1v) is 4.68. The normalized spacial score (nSPS) is 10.8. The van der Waals surface area contributed by atoms with E-state index in [4.69, 9.17) is 13.9 Å². The summed E-state index contributed by atoms with van der Waals surface area (Å²) in [6.45, 7) is 2.55. The van der Waals surface area contributed by atoms with Gasteiger partial charge in [0.2, 0.25) is 0 Å². The minimum atomic E-state index is -0.373. The predicted molar refractivity (Wildman–Crippen MR) is 55.1 cm³/mol. The topological polar surface area (TPSA) is 48.7 Å². The molecule has 1 heterocycles. The van der Waals surface area contributed by atoms with E-state index in [0.29, 0.717) is 19.0 Å². The average molecular weight is 210 g/mol. The molecule has 0 saturated heterocycles. The second-order valence-corrected chi connectivity index (χ2v) is 2.82. The Bertz CT molecular complexity index is 338. The number of ether oxygens (including phenoxy) is 2. The highest BCUT2D eigenvalue weighted by atomic mass is 16.5. The van der Waals surface area contributed by atoms with E-state index < -0.39 is 0 Å². The highest BCUT2D eigenvalue weighted by molar-refractivity contribution is 5.86. The molecule has 0 amide bonds. The highest BCUT2D eigenvalue weighted by Gasteiger charge is 1.99. The zero-order chi connectivity index (χ0) is 11.1. The molecular formula is C11H14O4. The van der Waals surface area contributed by atoms with Crippen molar-refractivity contribution in [3.05, 3.63) is 29.7 Å². The molecule has 0 aromatic carbocycles. The summed E-state index contributed by atoms with van der Waals surface area (Å²) in [5.41, 5.74) is 0. The van der Waals surface area contributed by atoms with Gasteiger partial charge < -0.3 is 13.9 Å². The second kappa shape index (κ2) is 6.03. The van der Waals surface area contributed by atoms with E-state index in [1.165, 1.54) is 6.08 Å². The Morgan fingerprint density at radius 1 is 1.53 bits per heavy atom. The first-order valence-electron chi connectivity index (χ1n) is 4.68. The average Bonchev–Trinajstić information content (AvgIpc) is 2.64. The molecule has 0 atom stereocenters. The third-order valence-corrected chi connectivity index (χ3v) is 1.64. The molecule has 1 rings (SSSR count). The molecule has 0 fully saturated rings. The van der Waals surface area contributed by atoms with Gasteiger partial charge in [0.25, 0.3) is 0 Å². The first-order chi connectivity index (χ1) is 7.26. The molecule has 1 aromatic heterocycles. The van der Waals surface area contributed by atoms with Crippen molar-refractivity contribution in [1.29, 1.82) is 0 Å². The maximum Gasteiger partial charge on any atom is 0.330 e. The van der Waals surface area contributed by atoms with Crippen LogP contribution in [0.15, 0.2) is 22.6 Å². The Kier molecular flexibility index (Phi) is 4.63. The summed E-state index contributed by atoms with van der Waals surface area (Å²) in [5, 5.41) is 0. The van der Waals surface area contributed by atoms with Gasteiger partial charge in [-0.05, 0) is 25.1 Å². The molecule has 82 valence electrons. The van der Waals surface area contributed by atoms with Gasteiger partial charge in [-0.15, -0.1) is 0 Å². The monoisotopic (exact) mass is 210 g/mol. The summed E-state index contributed by atoms with van der Waals surface area (Å²) < 4.78 is 15.0. The molecule has 0 aliphatic carbocycles. The van der Waals surface area contributed by atoms with Crippen molar-refractivity contribution in [1.82, 2.24) is 0 Å². The molecule has 0 unspecified atom stereocenters. The number of furan rings is 1. The molecule has 0 saturated carbocycles. The van der Waals surface area contributed by atoms with Gasteiger partial charge in [-0.2, -0.15) is 0 Å². The molecular weight excluding hydrogens is 196 g/mol. The Balaban J connectivity index is 2.52. The van der Waals surface area contributed by atoms with Gasteiger partial charge in [0.05, 0.1) is 6.61 Å². The predicted octanol–water partition coefficient (Wildman–Crippen LogP) is 2.00. The second-order valence-electron chi connectivity index (χ2n) is 2.82. The van der Waals surface area contributed by atoms with E-state index in [1.807, 2.05) is 0 Å². The third kappa shape index (κ3) is 3.99. The Hall–Kier alpha value is -1.55. The van der Waals surface area contributed by atoms with Crippen LogP contribution in [0.2, 0.25) is 0 Å². The lowest BCUT2D eigenvalue weighted by Gasteiger charge is -1.94. The Labute approximate surface area is 88.5 Å². The largest absolute Gasteiger partial charge is 0.463 e. The van der Waals surface area contributed by atoms with Crippen molar-refractivity contribution in [3.63, 3.8) is 0 Å². The number of rotatable bonds is 5. The number of carbonyl (C=O) groups is 1. The van der Waals surface area contributed by atoms with Gasteiger partial charge in [-0.25, -0.2) is 4.79 Å². The fourth-order valence-corrected chi connectivity index (χ4v) is 1.04. The molecule has 0 N–H and O–H groups in total. The van der Waals surface area contributed by atoms with Crippen LogP contribution in [0.3, 0.4) is 0 Å². The van der Waals surface area contributed by atoms with Crippen molar-refractivity contribution >= 4 is 12.0 Å². The van der Waals surface area contributed by atoms with Crippen molar-refractivity contribution in [2.24, 2.45) is 0 Å². The van der Waals surface area contributed by atoms with Crippen molar-refractivity contribution in [2.75, 3.05) is 13.7 Å². The SMILES string of the molecule is CCOC(=O)C=Cc1ccc(COC)o1. The van der Waals surface area contributed by atoms with Crippen LogP contribution in [0, 0.1) is 0 Å². The molecule has 0 aliphatic rings. The van der Waals surface area contributed by atoms with E-state index in [-0.39, 0.29) is 5.97 Å². The minimum Gasteiger partial charge on any atom is -0.463 e. The summed E-state index contributed by atoms with van der Waals surface area (Å²) >= 11 is 0. The summed E-state index contributed by atoms with van der Waals surface area (Å²) in [5.74, 6) is 0.957. The number of hydrogen-bond acceptors (Lipinski definition) is 4. The number of esters is 1. The minimum absolute atomic E-state index is 0.371. The third-order valence-electron chi connectivity index (χ3n) is 1.64. The number of methoxy groups -OCH3 is 1. The maximum absolute atomic E-state index is 11.0. The fourth-order valence-electron chi connectivity index (χ4n) is 1.04. The van der Waals surface area contributed by atoms with Crippen molar-refractivity contribution < 1.29 is 18.7 Å². The van der Waals surface area contributed by atoms with Gasteiger partial charge in [0.15, 0.2) is 0 Å². The van der Waals surface area contributed by atoms with Gasteiger partial charge in [-0.1, -0.05) is 0 Å². The lowest BCUT2D eigenvalue weighted by Crippen LogP contribution is -1.98. The van der Waals surface area contributed by atoms with Gasteiger partial charge >= 0.3 is 5.97 Å². The first kappa shape index (κ1) is 11.5. The number of hydrogen-bond donors (Lipinski definition) is 0. The van der Waals surface area contributed by atoms with Gasteiger partial charge in [-0.3, -0.25) is 0 Å². The van der Waals surface area contributed by atoms with E-state index in [1.54, 1.807) is 32.2 Å². The lowest BCUT2D eigenvalue weighted by molar-refractivity contribution is -0.137. The zero-order valence-corrected chi connectivity index (χ0v) is 8.86. The summed E-state index contributed by atoms with van der Waals surface area (Å²) in [7, 11) is 1.59. The highest BCUT2D eigenvalue weighted by Crippen LogP contribution is 2.10. The Morgan fingerprint density at radius 3 is 3.00 bits per heavy atom. The lowest BCUT2D eigenvalue weighted by atomic mass is 10.4. The number of carbonyl (C=O) groups excluding carboxylic acids is 1. The smallest absolute Gasteiger partial charge is 0.330 e. The summed E-state index contributed by atoms with van der Waals surface area (Å²) in [6, 6.07) is 3.57.